The van der Waals surface area contributed by atoms with Gasteiger partial charge in [-0.05, 0) is 54.6 Å². The number of Topliss-reactive ketones (excluding diaryl/α,β-unsaturated/α-hetero) is 1. The molecule has 4 rings (SSSR count). The van der Waals surface area contributed by atoms with E-state index in [0.29, 0.717) is 25.0 Å². The fourth-order valence-corrected chi connectivity index (χ4v) is 6.50. The number of hydrogen-bond donors (Lipinski definition) is 1. The SMILES string of the molecule is COC(=O)[C@@H]1C[C@H](OC(C)=O)C(=O)[C@@H]2[C@H]3C[C@@H](c4ccoc4)C/C(=N\O)[C@@H]3CC[C@]21C. The van der Waals surface area contributed by atoms with Crippen molar-refractivity contribution in [2.24, 2.45) is 34.2 Å². The van der Waals surface area contributed by atoms with E-state index in [2.05, 4.69) is 5.16 Å². The van der Waals surface area contributed by atoms with Gasteiger partial charge in [-0.1, -0.05) is 12.1 Å². The Morgan fingerprint density at radius 3 is 2.71 bits per heavy atom. The number of ether oxygens (including phenoxy) is 2. The lowest BCUT2D eigenvalue weighted by Gasteiger charge is -2.56. The number of ketones is 1. The van der Waals surface area contributed by atoms with Crippen LogP contribution in [0.25, 0.3) is 0 Å². The number of methoxy groups -OCH3 is 1. The van der Waals surface area contributed by atoms with Crippen LogP contribution in [0.5, 0.6) is 0 Å². The Labute approximate surface area is 180 Å². The average Bonchev–Trinajstić information content (AvgIpc) is 3.28. The summed E-state index contributed by atoms with van der Waals surface area (Å²) in [5.41, 5.74) is 1.07. The molecule has 3 aliphatic rings. The van der Waals surface area contributed by atoms with Gasteiger partial charge in [0, 0.05) is 25.2 Å². The molecule has 0 unspecified atom stereocenters. The predicted octanol–water partition coefficient (Wildman–Crippen LogP) is 3.33. The summed E-state index contributed by atoms with van der Waals surface area (Å²) >= 11 is 0. The molecule has 1 aromatic rings. The fraction of sp³-hybridized carbons (Fsp3) is 0.652. The topological polar surface area (TPSA) is 115 Å². The van der Waals surface area contributed by atoms with E-state index in [1.54, 1.807) is 12.5 Å². The first-order valence-electron chi connectivity index (χ1n) is 10.8. The number of carbonyl (C=O) groups excluding carboxylic acids is 3. The van der Waals surface area contributed by atoms with Crippen LogP contribution < -0.4 is 0 Å². The number of carbonyl (C=O) groups is 3. The average molecular weight is 431 g/mol. The largest absolute Gasteiger partial charge is 0.472 e. The molecule has 7 atom stereocenters. The molecule has 168 valence electrons. The van der Waals surface area contributed by atoms with Crippen molar-refractivity contribution in [3.8, 4) is 0 Å². The highest BCUT2D eigenvalue weighted by Crippen LogP contribution is 2.60. The summed E-state index contributed by atoms with van der Waals surface area (Å²) in [6, 6.07) is 1.89. The van der Waals surface area contributed by atoms with Gasteiger partial charge in [-0.3, -0.25) is 14.4 Å². The number of hydrogen-bond acceptors (Lipinski definition) is 8. The van der Waals surface area contributed by atoms with Crippen molar-refractivity contribution < 1.29 is 33.5 Å². The van der Waals surface area contributed by atoms with Crippen molar-refractivity contribution >= 4 is 23.4 Å². The summed E-state index contributed by atoms with van der Waals surface area (Å²) in [5.74, 6) is -2.25. The Morgan fingerprint density at radius 1 is 1.32 bits per heavy atom. The molecule has 3 fully saturated rings. The van der Waals surface area contributed by atoms with Crippen LogP contribution in [0.3, 0.4) is 0 Å². The van der Waals surface area contributed by atoms with Crippen LogP contribution in [0, 0.1) is 29.1 Å². The third-order valence-corrected chi connectivity index (χ3v) is 7.90. The first kappa shape index (κ1) is 21.6. The van der Waals surface area contributed by atoms with Crippen LogP contribution >= 0.6 is 0 Å². The number of furan rings is 1. The van der Waals surface area contributed by atoms with Gasteiger partial charge in [0.2, 0.25) is 0 Å². The molecule has 1 heterocycles. The first-order valence-corrected chi connectivity index (χ1v) is 10.8. The summed E-state index contributed by atoms with van der Waals surface area (Å²) in [6.07, 6.45) is 5.13. The zero-order valence-corrected chi connectivity index (χ0v) is 18.1. The Balaban J connectivity index is 1.76. The van der Waals surface area contributed by atoms with E-state index in [-0.39, 0.29) is 35.9 Å². The van der Waals surface area contributed by atoms with Gasteiger partial charge >= 0.3 is 11.9 Å². The number of oxime groups is 1. The molecule has 1 aromatic heterocycles. The smallest absolute Gasteiger partial charge is 0.309 e. The standard InChI is InChI=1S/C23H29NO7/c1-12(25)31-19-10-17(22(27)29-3)23(2)6-4-15-16(20(23)21(19)26)8-14(9-18(15)24-28)13-5-7-30-11-13/h5,7,11,14-17,19-20,28H,4,6,8-10H2,1-3H3/b24-18+/t14-,15-,16+,17+,19+,20+,23+/m1/s1. The van der Waals surface area contributed by atoms with Crippen molar-refractivity contribution in [3.63, 3.8) is 0 Å². The lowest BCUT2D eigenvalue weighted by molar-refractivity contribution is -0.180. The molecule has 0 bridgehead atoms. The van der Waals surface area contributed by atoms with Crippen LogP contribution in [-0.4, -0.2) is 41.9 Å². The van der Waals surface area contributed by atoms with Crippen LogP contribution in [-0.2, 0) is 23.9 Å². The molecule has 1 N–H and O–H groups in total. The van der Waals surface area contributed by atoms with Gasteiger partial charge in [0.25, 0.3) is 0 Å². The van der Waals surface area contributed by atoms with Gasteiger partial charge in [-0.15, -0.1) is 0 Å². The molecule has 3 aliphatic carbocycles. The number of esters is 2. The van der Waals surface area contributed by atoms with Gasteiger partial charge < -0.3 is 19.1 Å². The van der Waals surface area contributed by atoms with Crippen LogP contribution in [0.2, 0.25) is 0 Å². The van der Waals surface area contributed by atoms with E-state index in [0.717, 1.165) is 12.0 Å². The van der Waals surface area contributed by atoms with Crippen molar-refractivity contribution in [2.45, 2.75) is 58.0 Å². The third kappa shape index (κ3) is 3.55. The summed E-state index contributed by atoms with van der Waals surface area (Å²) in [6.45, 7) is 3.25. The quantitative estimate of drug-likeness (QED) is 0.443. The Kier molecular flexibility index (Phi) is 5.66. The normalized spacial score (nSPS) is 38.8. The second kappa shape index (κ2) is 8.13. The van der Waals surface area contributed by atoms with E-state index in [4.69, 9.17) is 13.9 Å². The number of nitrogens with zero attached hydrogens (tertiary/aromatic N) is 1. The maximum atomic E-state index is 13.6. The minimum atomic E-state index is -0.970. The monoisotopic (exact) mass is 431 g/mol. The van der Waals surface area contributed by atoms with Crippen molar-refractivity contribution in [1.29, 1.82) is 0 Å². The second-order valence-electron chi connectivity index (χ2n) is 9.39. The minimum absolute atomic E-state index is 0.0479. The molecule has 8 heteroatoms. The van der Waals surface area contributed by atoms with Crippen molar-refractivity contribution in [3.05, 3.63) is 24.2 Å². The molecule has 0 amide bonds. The Morgan fingerprint density at radius 2 is 2.10 bits per heavy atom. The van der Waals surface area contributed by atoms with E-state index < -0.39 is 29.3 Å². The van der Waals surface area contributed by atoms with Gasteiger partial charge in [-0.25, -0.2) is 0 Å². The Bertz CT molecular complexity index is 892. The van der Waals surface area contributed by atoms with Gasteiger partial charge in [0.05, 0.1) is 31.3 Å². The van der Waals surface area contributed by atoms with Gasteiger partial charge in [0.1, 0.15) is 0 Å². The number of fused-ring (bicyclic) bond motifs is 3. The maximum absolute atomic E-state index is 13.6. The molecule has 8 nitrogen and oxygen atoms in total. The molecule has 0 aliphatic heterocycles. The maximum Gasteiger partial charge on any atom is 0.309 e. The van der Waals surface area contributed by atoms with E-state index >= 15 is 0 Å². The molecule has 3 saturated carbocycles. The number of rotatable bonds is 3. The lowest BCUT2D eigenvalue weighted by Crippen LogP contribution is -2.60. The molecule has 0 spiro atoms. The molecular formula is C23H29NO7. The highest BCUT2D eigenvalue weighted by molar-refractivity contribution is 5.94. The van der Waals surface area contributed by atoms with Gasteiger partial charge in [0.15, 0.2) is 11.9 Å². The Hall–Kier alpha value is -2.64. The molecule has 0 aromatic carbocycles. The summed E-state index contributed by atoms with van der Waals surface area (Å²) < 4.78 is 15.7. The molecular weight excluding hydrogens is 402 g/mol. The lowest BCUT2D eigenvalue weighted by atomic mass is 9.46. The fourth-order valence-electron chi connectivity index (χ4n) is 6.50. The first-order chi connectivity index (χ1) is 14.8. The summed E-state index contributed by atoms with van der Waals surface area (Å²) in [7, 11) is 1.34. The van der Waals surface area contributed by atoms with E-state index in [9.17, 15) is 19.6 Å². The van der Waals surface area contributed by atoms with Crippen LogP contribution in [0.1, 0.15) is 57.4 Å². The van der Waals surface area contributed by atoms with Crippen LogP contribution in [0.4, 0.5) is 0 Å². The summed E-state index contributed by atoms with van der Waals surface area (Å²) in [5, 5.41) is 13.4. The predicted molar refractivity (Wildman–Crippen MR) is 108 cm³/mol. The van der Waals surface area contributed by atoms with E-state index in [1.807, 2.05) is 13.0 Å². The zero-order chi connectivity index (χ0) is 22.3. The molecule has 31 heavy (non-hydrogen) atoms. The highest BCUT2D eigenvalue weighted by Gasteiger charge is 2.62. The molecule has 0 saturated heterocycles. The van der Waals surface area contributed by atoms with Crippen molar-refractivity contribution in [2.75, 3.05) is 7.11 Å². The molecule has 0 radical (unpaired) electrons. The minimum Gasteiger partial charge on any atom is -0.472 e. The summed E-state index contributed by atoms with van der Waals surface area (Å²) in [4.78, 5) is 38.1. The zero-order valence-electron chi connectivity index (χ0n) is 18.1. The van der Waals surface area contributed by atoms with Crippen LogP contribution in [0.15, 0.2) is 28.2 Å². The van der Waals surface area contributed by atoms with Crippen molar-refractivity contribution in [1.82, 2.24) is 0 Å². The van der Waals surface area contributed by atoms with Gasteiger partial charge in [-0.2, -0.15) is 0 Å². The second-order valence-corrected chi connectivity index (χ2v) is 9.39. The third-order valence-electron chi connectivity index (χ3n) is 7.90. The van der Waals surface area contributed by atoms with E-state index in [1.165, 1.54) is 14.0 Å². The highest BCUT2D eigenvalue weighted by atomic mass is 16.5.